The van der Waals surface area contributed by atoms with Gasteiger partial charge in [0.05, 0.1) is 24.4 Å². The van der Waals surface area contributed by atoms with Crippen LogP contribution in [-0.2, 0) is 22.7 Å². The minimum atomic E-state index is -0.329. The molecule has 0 aliphatic carbocycles. The van der Waals surface area contributed by atoms with E-state index in [0.717, 1.165) is 16.9 Å². The molecule has 1 aliphatic heterocycles. The number of rotatable bonds is 5. The van der Waals surface area contributed by atoms with Gasteiger partial charge in [-0.2, -0.15) is 0 Å². The first-order valence-electron chi connectivity index (χ1n) is 9.31. The highest BCUT2D eigenvalue weighted by atomic mass is 19.1. The van der Waals surface area contributed by atoms with Crippen LogP contribution in [0, 0.1) is 11.7 Å². The second-order valence-corrected chi connectivity index (χ2v) is 7.04. The molecule has 0 unspecified atom stereocenters. The molecule has 7 heteroatoms. The molecule has 1 N–H and O–H groups in total. The molecule has 0 spiro atoms. The van der Waals surface area contributed by atoms with Crippen molar-refractivity contribution in [3.8, 4) is 0 Å². The number of likely N-dealkylation sites (tertiary alicyclic amines) is 1. The summed E-state index contributed by atoms with van der Waals surface area (Å²) in [6.07, 6.45) is 4.50. The van der Waals surface area contributed by atoms with E-state index in [4.69, 9.17) is 0 Å². The van der Waals surface area contributed by atoms with Crippen LogP contribution in [0.3, 0.4) is 0 Å². The number of carbonyl (C=O) groups excluding carboxylic acids is 2. The molecule has 0 radical (unpaired) electrons. The van der Waals surface area contributed by atoms with Crippen molar-refractivity contribution in [3.05, 3.63) is 71.9 Å². The average Bonchev–Trinajstić information content (AvgIpc) is 3.11. The molecule has 2 amide bonds. The Morgan fingerprint density at radius 2 is 2.14 bits per heavy atom. The molecule has 1 aromatic carbocycles. The van der Waals surface area contributed by atoms with Gasteiger partial charge in [0.25, 0.3) is 0 Å². The summed E-state index contributed by atoms with van der Waals surface area (Å²) in [5.41, 5.74) is 2.45. The Bertz CT molecular complexity index is 1020. The van der Waals surface area contributed by atoms with Crippen LogP contribution in [0.15, 0.2) is 54.9 Å². The van der Waals surface area contributed by atoms with Crippen LogP contribution in [0.25, 0.3) is 5.65 Å². The zero-order valence-electron chi connectivity index (χ0n) is 15.3. The number of nitrogens with zero attached hydrogens (tertiary/aromatic N) is 3. The van der Waals surface area contributed by atoms with E-state index in [0.29, 0.717) is 32.5 Å². The normalized spacial score (nSPS) is 17.1. The summed E-state index contributed by atoms with van der Waals surface area (Å²) in [6, 6.07) is 11.9. The van der Waals surface area contributed by atoms with Gasteiger partial charge < -0.3 is 14.6 Å². The van der Waals surface area contributed by atoms with Gasteiger partial charge in [-0.15, -0.1) is 0 Å². The van der Waals surface area contributed by atoms with Gasteiger partial charge in [0.15, 0.2) is 0 Å². The number of benzene rings is 1. The molecule has 1 saturated heterocycles. The Morgan fingerprint density at radius 1 is 1.25 bits per heavy atom. The van der Waals surface area contributed by atoms with Gasteiger partial charge >= 0.3 is 0 Å². The van der Waals surface area contributed by atoms with E-state index in [-0.39, 0.29) is 23.5 Å². The number of nitrogens with one attached hydrogen (secondary N) is 1. The van der Waals surface area contributed by atoms with E-state index in [1.165, 1.54) is 12.1 Å². The van der Waals surface area contributed by atoms with E-state index < -0.39 is 0 Å². The van der Waals surface area contributed by atoms with Gasteiger partial charge in [-0.3, -0.25) is 9.59 Å². The second kappa shape index (κ2) is 7.80. The Morgan fingerprint density at radius 3 is 3.00 bits per heavy atom. The third kappa shape index (κ3) is 3.88. The Hall–Kier alpha value is -3.22. The van der Waals surface area contributed by atoms with Crippen molar-refractivity contribution in [2.45, 2.75) is 25.9 Å². The molecule has 1 aliphatic rings. The van der Waals surface area contributed by atoms with Crippen LogP contribution in [0.4, 0.5) is 4.39 Å². The summed E-state index contributed by atoms with van der Waals surface area (Å²) in [4.78, 5) is 30.8. The fourth-order valence-electron chi connectivity index (χ4n) is 3.58. The lowest BCUT2D eigenvalue weighted by Crippen LogP contribution is -2.45. The van der Waals surface area contributed by atoms with Gasteiger partial charge in [0.1, 0.15) is 11.5 Å². The number of fused-ring (bicyclic) bond motifs is 1. The molecule has 6 nitrogen and oxygen atoms in total. The third-order valence-corrected chi connectivity index (χ3v) is 5.07. The summed E-state index contributed by atoms with van der Waals surface area (Å²) in [7, 11) is 0. The maximum Gasteiger partial charge on any atom is 0.225 e. The standard InChI is InChI=1S/C21H21FN4O2/c22-17-5-3-4-15(10-17)13-25-14-16(7-8-20(25)27)21(28)24-12-18-11-23-19-6-1-2-9-26(18)19/h1-6,9-11,16H,7-8,12-14H2,(H,24,28)/t16-/m1/s1. The zero-order chi connectivity index (χ0) is 19.5. The van der Waals surface area contributed by atoms with Crippen molar-refractivity contribution in [1.82, 2.24) is 19.6 Å². The van der Waals surface area contributed by atoms with E-state index in [1.54, 1.807) is 23.2 Å². The van der Waals surface area contributed by atoms with Gasteiger partial charge in [-0.25, -0.2) is 9.37 Å². The maximum absolute atomic E-state index is 13.4. The number of hydrogen-bond donors (Lipinski definition) is 1. The molecule has 3 aromatic rings. The molecule has 2 aromatic heterocycles. The van der Waals surface area contributed by atoms with Crippen LogP contribution >= 0.6 is 0 Å². The Balaban J connectivity index is 1.38. The second-order valence-electron chi connectivity index (χ2n) is 7.04. The van der Waals surface area contributed by atoms with E-state index >= 15 is 0 Å². The van der Waals surface area contributed by atoms with Gasteiger partial charge in [-0.1, -0.05) is 18.2 Å². The average molecular weight is 380 g/mol. The van der Waals surface area contributed by atoms with Crippen molar-refractivity contribution in [3.63, 3.8) is 0 Å². The smallest absolute Gasteiger partial charge is 0.225 e. The molecule has 144 valence electrons. The Labute approximate surface area is 162 Å². The summed E-state index contributed by atoms with van der Waals surface area (Å²) in [5, 5.41) is 2.96. The predicted molar refractivity (Wildman–Crippen MR) is 102 cm³/mol. The number of pyridine rings is 1. The molecule has 28 heavy (non-hydrogen) atoms. The first kappa shape index (κ1) is 18.2. The highest BCUT2D eigenvalue weighted by molar-refractivity contribution is 5.83. The quantitative estimate of drug-likeness (QED) is 0.740. The molecule has 1 atom stereocenters. The lowest BCUT2D eigenvalue weighted by atomic mass is 9.96. The van der Waals surface area contributed by atoms with Gasteiger partial charge in [0, 0.05) is 25.7 Å². The van der Waals surface area contributed by atoms with Crippen molar-refractivity contribution in [2.24, 2.45) is 5.92 Å². The summed E-state index contributed by atoms with van der Waals surface area (Å²) in [5.74, 6) is -0.688. The minimum absolute atomic E-state index is 0.00454. The van der Waals surface area contributed by atoms with E-state index in [1.807, 2.05) is 28.8 Å². The lowest BCUT2D eigenvalue weighted by molar-refractivity contribution is -0.139. The topological polar surface area (TPSA) is 66.7 Å². The first-order chi connectivity index (χ1) is 13.6. The monoisotopic (exact) mass is 380 g/mol. The zero-order valence-corrected chi connectivity index (χ0v) is 15.3. The number of aromatic nitrogens is 2. The van der Waals surface area contributed by atoms with Crippen molar-refractivity contribution in [2.75, 3.05) is 6.54 Å². The summed E-state index contributed by atoms with van der Waals surface area (Å²) in [6.45, 7) is 1.03. The SMILES string of the molecule is O=C(NCc1cnc2ccccn12)[C@@H]1CCC(=O)N(Cc2cccc(F)c2)C1. The highest BCUT2D eigenvalue weighted by Crippen LogP contribution is 2.20. The largest absolute Gasteiger partial charge is 0.350 e. The highest BCUT2D eigenvalue weighted by Gasteiger charge is 2.30. The number of amides is 2. The molecule has 3 heterocycles. The summed E-state index contributed by atoms with van der Waals surface area (Å²) < 4.78 is 15.3. The maximum atomic E-state index is 13.4. The number of piperidine rings is 1. The number of imidazole rings is 1. The van der Waals surface area contributed by atoms with Crippen molar-refractivity contribution < 1.29 is 14.0 Å². The van der Waals surface area contributed by atoms with Crippen LogP contribution in [0.1, 0.15) is 24.1 Å². The molecule has 0 saturated carbocycles. The predicted octanol–water partition coefficient (Wildman–Crippen LogP) is 2.53. The van der Waals surface area contributed by atoms with Gasteiger partial charge in [0.2, 0.25) is 11.8 Å². The number of hydrogen-bond acceptors (Lipinski definition) is 3. The van der Waals surface area contributed by atoms with Gasteiger partial charge in [-0.05, 0) is 36.2 Å². The van der Waals surface area contributed by atoms with Crippen LogP contribution in [0.5, 0.6) is 0 Å². The number of carbonyl (C=O) groups is 2. The molecule has 4 rings (SSSR count). The number of halogens is 1. The lowest BCUT2D eigenvalue weighted by Gasteiger charge is -2.32. The third-order valence-electron chi connectivity index (χ3n) is 5.07. The Kier molecular flexibility index (Phi) is 5.06. The van der Waals surface area contributed by atoms with E-state index in [2.05, 4.69) is 10.3 Å². The fourth-order valence-corrected chi connectivity index (χ4v) is 3.58. The fraction of sp³-hybridized carbons (Fsp3) is 0.286. The van der Waals surface area contributed by atoms with Crippen LogP contribution in [-0.4, -0.2) is 32.6 Å². The van der Waals surface area contributed by atoms with Crippen molar-refractivity contribution in [1.29, 1.82) is 0 Å². The first-order valence-corrected chi connectivity index (χ1v) is 9.31. The van der Waals surface area contributed by atoms with E-state index in [9.17, 15) is 14.0 Å². The summed E-state index contributed by atoms with van der Waals surface area (Å²) >= 11 is 0. The molecular weight excluding hydrogens is 359 g/mol. The van der Waals surface area contributed by atoms with Crippen LogP contribution in [0.2, 0.25) is 0 Å². The van der Waals surface area contributed by atoms with Crippen LogP contribution < -0.4 is 5.32 Å². The molecule has 1 fully saturated rings. The van der Waals surface area contributed by atoms with Crippen molar-refractivity contribution >= 4 is 17.5 Å². The molecular formula is C21H21FN4O2. The minimum Gasteiger partial charge on any atom is -0.350 e. The molecule has 0 bridgehead atoms.